The van der Waals surface area contributed by atoms with Crippen LogP contribution in [0.15, 0.2) is 72.8 Å². The molecule has 1 atom stereocenters. The number of aromatic nitrogens is 2. The molecular weight excluding hydrogens is 398 g/mol. The zero-order chi connectivity index (χ0) is 22.5. The number of anilines is 1. The van der Waals surface area contributed by atoms with Crippen LogP contribution in [0.3, 0.4) is 0 Å². The molecule has 5 heteroatoms. The van der Waals surface area contributed by atoms with Crippen molar-refractivity contribution in [2.24, 2.45) is 0 Å². The minimum absolute atomic E-state index is 0.222. The Morgan fingerprint density at radius 2 is 1.56 bits per heavy atom. The summed E-state index contributed by atoms with van der Waals surface area (Å²) in [5.74, 6) is 2.32. The summed E-state index contributed by atoms with van der Waals surface area (Å²) in [5, 5.41) is 11.5. The third-order valence-electron chi connectivity index (χ3n) is 5.88. The van der Waals surface area contributed by atoms with Crippen molar-refractivity contribution < 1.29 is 9.47 Å². The van der Waals surface area contributed by atoms with E-state index >= 15 is 0 Å². The Kier molecular flexibility index (Phi) is 6.55. The average Bonchev–Trinajstić information content (AvgIpc) is 2.86. The summed E-state index contributed by atoms with van der Waals surface area (Å²) in [5.41, 5.74) is 2.96. The van der Waals surface area contributed by atoms with Crippen LogP contribution in [0.1, 0.15) is 31.4 Å². The van der Waals surface area contributed by atoms with Crippen LogP contribution in [0.25, 0.3) is 22.0 Å². The SMILES string of the molecule is CCCC(c1ccccc1)N(C)c1nnc(-c2ccc(OC)cc2OC)c2ccccc12. The second kappa shape index (κ2) is 9.69. The Bertz CT molecular complexity index is 1190. The highest BCUT2D eigenvalue weighted by atomic mass is 16.5. The van der Waals surface area contributed by atoms with E-state index in [1.54, 1.807) is 14.2 Å². The maximum Gasteiger partial charge on any atom is 0.159 e. The lowest BCUT2D eigenvalue weighted by molar-refractivity contribution is 0.395. The molecule has 0 aliphatic carbocycles. The van der Waals surface area contributed by atoms with Crippen molar-refractivity contribution in [2.75, 3.05) is 26.2 Å². The van der Waals surface area contributed by atoms with Crippen LogP contribution in [-0.4, -0.2) is 31.5 Å². The maximum atomic E-state index is 5.64. The van der Waals surface area contributed by atoms with E-state index in [2.05, 4.69) is 66.4 Å². The van der Waals surface area contributed by atoms with E-state index in [1.807, 2.05) is 30.3 Å². The van der Waals surface area contributed by atoms with Gasteiger partial charge in [-0.3, -0.25) is 0 Å². The van der Waals surface area contributed by atoms with Crippen molar-refractivity contribution in [3.05, 3.63) is 78.4 Å². The fourth-order valence-corrected chi connectivity index (χ4v) is 4.22. The molecule has 0 saturated heterocycles. The van der Waals surface area contributed by atoms with Gasteiger partial charge in [0.2, 0.25) is 0 Å². The van der Waals surface area contributed by atoms with Crippen molar-refractivity contribution in [3.63, 3.8) is 0 Å². The Balaban J connectivity index is 1.84. The minimum atomic E-state index is 0.222. The number of ether oxygens (including phenoxy) is 2. The molecule has 32 heavy (non-hydrogen) atoms. The standard InChI is InChI=1S/C27H29N3O2/c1-5-11-24(19-12-7-6-8-13-19)30(2)27-22-15-10-9-14-21(22)26(28-29-27)23-17-16-20(31-3)18-25(23)32-4/h6-10,12-18,24H,5,11H2,1-4H3. The zero-order valence-electron chi connectivity index (χ0n) is 19.1. The lowest BCUT2D eigenvalue weighted by atomic mass is 9.99. The first-order valence-corrected chi connectivity index (χ1v) is 10.9. The second-order valence-electron chi connectivity index (χ2n) is 7.81. The largest absolute Gasteiger partial charge is 0.497 e. The molecule has 1 aromatic heterocycles. The molecular formula is C27H29N3O2. The zero-order valence-corrected chi connectivity index (χ0v) is 19.1. The monoisotopic (exact) mass is 427 g/mol. The van der Waals surface area contributed by atoms with Gasteiger partial charge in [-0.25, -0.2) is 0 Å². The highest BCUT2D eigenvalue weighted by Gasteiger charge is 2.22. The van der Waals surface area contributed by atoms with Crippen LogP contribution in [0.5, 0.6) is 11.5 Å². The number of fused-ring (bicyclic) bond motifs is 1. The van der Waals surface area contributed by atoms with Crippen LogP contribution in [-0.2, 0) is 0 Å². The Labute approximate surface area is 189 Å². The van der Waals surface area contributed by atoms with Crippen molar-refractivity contribution in [2.45, 2.75) is 25.8 Å². The number of hydrogen-bond donors (Lipinski definition) is 0. The van der Waals surface area contributed by atoms with Gasteiger partial charge in [-0.15, -0.1) is 10.2 Å². The van der Waals surface area contributed by atoms with E-state index in [0.29, 0.717) is 5.75 Å². The normalized spacial score (nSPS) is 11.9. The summed E-state index contributed by atoms with van der Waals surface area (Å²) in [6, 6.07) is 24.9. The third-order valence-corrected chi connectivity index (χ3v) is 5.88. The quantitative estimate of drug-likeness (QED) is 0.331. The summed E-state index contributed by atoms with van der Waals surface area (Å²) < 4.78 is 11.0. The molecule has 3 aromatic carbocycles. The van der Waals surface area contributed by atoms with Gasteiger partial charge in [0, 0.05) is 29.4 Å². The molecule has 4 rings (SSSR count). The smallest absolute Gasteiger partial charge is 0.159 e. The highest BCUT2D eigenvalue weighted by molar-refractivity contribution is 6.01. The van der Waals surface area contributed by atoms with Gasteiger partial charge in [-0.1, -0.05) is 67.9 Å². The Hall–Kier alpha value is -3.60. The number of rotatable bonds is 8. The molecule has 0 spiro atoms. The Morgan fingerprint density at radius 1 is 0.844 bits per heavy atom. The van der Waals surface area contributed by atoms with Crippen molar-refractivity contribution >= 4 is 16.6 Å². The molecule has 164 valence electrons. The lowest BCUT2D eigenvalue weighted by Crippen LogP contribution is -2.25. The summed E-state index contributed by atoms with van der Waals surface area (Å²) in [6.45, 7) is 2.21. The predicted molar refractivity (Wildman–Crippen MR) is 131 cm³/mol. The van der Waals surface area contributed by atoms with Crippen LogP contribution < -0.4 is 14.4 Å². The molecule has 0 N–H and O–H groups in total. The highest BCUT2D eigenvalue weighted by Crippen LogP contribution is 2.39. The molecule has 0 aliphatic heterocycles. The Morgan fingerprint density at radius 3 is 2.25 bits per heavy atom. The third kappa shape index (κ3) is 4.11. The first-order chi connectivity index (χ1) is 15.7. The molecule has 0 fully saturated rings. The molecule has 0 saturated carbocycles. The van der Waals surface area contributed by atoms with E-state index in [4.69, 9.17) is 14.6 Å². The second-order valence-corrected chi connectivity index (χ2v) is 7.81. The van der Waals surface area contributed by atoms with Gasteiger partial charge in [0.1, 0.15) is 17.2 Å². The number of methoxy groups -OCH3 is 2. The van der Waals surface area contributed by atoms with E-state index in [-0.39, 0.29) is 6.04 Å². The topological polar surface area (TPSA) is 47.5 Å². The molecule has 4 aromatic rings. The fourth-order valence-electron chi connectivity index (χ4n) is 4.22. The molecule has 1 heterocycles. The van der Waals surface area contributed by atoms with Crippen molar-refractivity contribution in [1.29, 1.82) is 0 Å². The minimum Gasteiger partial charge on any atom is -0.497 e. The summed E-state index contributed by atoms with van der Waals surface area (Å²) in [4.78, 5) is 2.25. The summed E-state index contributed by atoms with van der Waals surface area (Å²) in [7, 11) is 5.41. The fraction of sp³-hybridized carbons (Fsp3) is 0.259. The van der Waals surface area contributed by atoms with Crippen LogP contribution in [0.2, 0.25) is 0 Å². The van der Waals surface area contributed by atoms with Crippen molar-refractivity contribution in [3.8, 4) is 22.8 Å². The van der Waals surface area contributed by atoms with E-state index in [1.165, 1.54) is 5.56 Å². The molecule has 0 amide bonds. The van der Waals surface area contributed by atoms with Crippen LogP contribution in [0, 0.1) is 0 Å². The summed E-state index contributed by atoms with van der Waals surface area (Å²) >= 11 is 0. The lowest BCUT2D eigenvalue weighted by Gasteiger charge is -2.30. The molecule has 1 unspecified atom stereocenters. The number of benzene rings is 3. The first kappa shape index (κ1) is 21.6. The molecule has 0 aliphatic rings. The molecule has 0 bridgehead atoms. The van der Waals surface area contributed by atoms with Gasteiger partial charge >= 0.3 is 0 Å². The molecule has 0 radical (unpaired) electrons. The van der Waals surface area contributed by atoms with Gasteiger partial charge in [0.05, 0.1) is 20.3 Å². The van der Waals surface area contributed by atoms with Gasteiger partial charge in [-0.05, 0) is 24.1 Å². The average molecular weight is 428 g/mol. The number of hydrogen-bond acceptors (Lipinski definition) is 5. The van der Waals surface area contributed by atoms with Crippen LogP contribution in [0.4, 0.5) is 5.82 Å². The van der Waals surface area contributed by atoms with Crippen LogP contribution >= 0.6 is 0 Å². The van der Waals surface area contributed by atoms with Gasteiger partial charge in [0.25, 0.3) is 0 Å². The van der Waals surface area contributed by atoms with E-state index in [0.717, 1.165) is 46.4 Å². The summed E-state index contributed by atoms with van der Waals surface area (Å²) in [6.07, 6.45) is 2.11. The molecule has 5 nitrogen and oxygen atoms in total. The first-order valence-electron chi connectivity index (χ1n) is 10.9. The predicted octanol–water partition coefficient (Wildman–Crippen LogP) is 6.29. The van der Waals surface area contributed by atoms with E-state index in [9.17, 15) is 0 Å². The van der Waals surface area contributed by atoms with Gasteiger partial charge in [0.15, 0.2) is 5.82 Å². The van der Waals surface area contributed by atoms with Gasteiger partial charge in [-0.2, -0.15) is 0 Å². The van der Waals surface area contributed by atoms with Gasteiger partial charge < -0.3 is 14.4 Å². The number of nitrogens with zero attached hydrogens (tertiary/aromatic N) is 3. The van der Waals surface area contributed by atoms with Crippen molar-refractivity contribution in [1.82, 2.24) is 10.2 Å². The van der Waals surface area contributed by atoms with E-state index < -0.39 is 0 Å². The maximum absolute atomic E-state index is 5.64.